The van der Waals surface area contributed by atoms with Crippen LogP contribution >= 0.6 is 0 Å². The molecule has 0 aromatic heterocycles. The van der Waals surface area contributed by atoms with E-state index in [2.05, 4.69) is 0 Å². The third-order valence-corrected chi connectivity index (χ3v) is 3.38. The van der Waals surface area contributed by atoms with Gasteiger partial charge in [0, 0.05) is 20.6 Å². The first-order valence-electron chi connectivity index (χ1n) is 6.78. The molecule has 2 rings (SSSR count). The van der Waals surface area contributed by atoms with Crippen LogP contribution in [-0.4, -0.2) is 48.5 Å². The molecule has 1 aromatic rings. The average molecular weight is 276 g/mol. The minimum absolute atomic E-state index is 0.135. The topological polar surface area (TPSA) is 49.9 Å². The smallest absolute Gasteiger partial charge is 0.329 e. The van der Waals surface area contributed by atoms with E-state index in [1.165, 1.54) is 4.90 Å². The van der Waals surface area contributed by atoms with E-state index < -0.39 is 6.04 Å². The maximum absolute atomic E-state index is 12.1. The number of carbonyl (C=O) groups is 2. The number of carbonyl (C=O) groups excluding carboxylic acids is 2. The van der Waals surface area contributed by atoms with Crippen molar-refractivity contribution in [1.29, 1.82) is 0 Å². The molecule has 1 aliphatic heterocycles. The zero-order valence-electron chi connectivity index (χ0n) is 11.9. The Bertz CT molecular complexity index is 473. The van der Waals surface area contributed by atoms with Gasteiger partial charge in [-0.3, -0.25) is 0 Å². The first kappa shape index (κ1) is 14.4. The summed E-state index contributed by atoms with van der Waals surface area (Å²) < 4.78 is 5.32. The molecule has 0 spiro atoms. The molecule has 0 bridgehead atoms. The molecule has 1 heterocycles. The number of hydrogen-bond donors (Lipinski definition) is 0. The van der Waals surface area contributed by atoms with Crippen molar-refractivity contribution in [3.05, 3.63) is 35.9 Å². The van der Waals surface area contributed by atoms with Crippen LogP contribution in [0.2, 0.25) is 0 Å². The highest BCUT2D eigenvalue weighted by Crippen LogP contribution is 2.20. The van der Waals surface area contributed by atoms with Crippen LogP contribution in [0.1, 0.15) is 18.4 Å². The number of amides is 2. The van der Waals surface area contributed by atoms with Gasteiger partial charge >= 0.3 is 12.0 Å². The molecule has 1 atom stereocenters. The van der Waals surface area contributed by atoms with Crippen molar-refractivity contribution in [2.75, 3.05) is 20.6 Å². The van der Waals surface area contributed by atoms with E-state index in [1.807, 2.05) is 30.3 Å². The van der Waals surface area contributed by atoms with Crippen molar-refractivity contribution in [2.45, 2.75) is 25.5 Å². The van der Waals surface area contributed by atoms with E-state index in [1.54, 1.807) is 19.0 Å². The predicted octanol–water partition coefficient (Wildman–Crippen LogP) is 1.88. The van der Waals surface area contributed by atoms with E-state index in [0.29, 0.717) is 13.0 Å². The summed E-state index contributed by atoms with van der Waals surface area (Å²) in [7, 11) is 3.38. The van der Waals surface area contributed by atoms with Gasteiger partial charge in [-0.05, 0) is 18.4 Å². The van der Waals surface area contributed by atoms with Gasteiger partial charge in [0.1, 0.15) is 12.6 Å². The van der Waals surface area contributed by atoms with E-state index in [4.69, 9.17) is 4.74 Å². The van der Waals surface area contributed by atoms with Crippen LogP contribution in [0.3, 0.4) is 0 Å². The molecule has 0 unspecified atom stereocenters. The van der Waals surface area contributed by atoms with Gasteiger partial charge in [0.05, 0.1) is 0 Å². The van der Waals surface area contributed by atoms with Crippen LogP contribution in [0.15, 0.2) is 30.3 Å². The SMILES string of the molecule is CN(C)C(=O)N1CCC[C@H]1C(=O)OCc1ccccc1. The summed E-state index contributed by atoms with van der Waals surface area (Å²) in [6, 6.07) is 8.95. The van der Waals surface area contributed by atoms with Gasteiger partial charge < -0.3 is 14.5 Å². The Hall–Kier alpha value is -2.04. The molecule has 108 valence electrons. The highest BCUT2D eigenvalue weighted by molar-refractivity contribution is 5.84. The second-order valence-electron chi connectivity index (χ2n) is 5.12. The Balaban J connectivity index is 1.93. The van der Waals surface area contributed by atoms with Crippen molar-refractivity contribution >= 4 is 12.0 Å². The quantitative estimate of drug-likeness (QED) is 0.792. The summed E-state index contributed by atoms with van der Waals surface area (Å²) in [6.07, 6.45) is 1.51. The zero-order chi connectivity index (χ0) is 14.5. The molecule has 5 heteroatoms. The molecule has 0 radical (unpaired) electrons. The summed E-state index contributed by atoms with van der Waals surface area (Å²) in [5.74, 6) is -0.318. The Morgan fingerprint density at radius 1 is 1.30 bits per heavy atom. The lowest BCUT2D eigenvalue weighted by atomic mass is 10.2. The predicted molar refractivity (Wildman–Crippen MR) is 75.0 cm³/mol. The molecular formula is C15H20N2O3. The van der Waals surface area contributed by atoms with Crippen LogP contribution in [0, 0.1) is 0 Å². The molecule has 2 amide bonds. The monoisotopic (exact) mass is 276 g/mol. The zero-order valence-corrected chi connectivity index (χ0v) is 11.9. The summed E-state index contributed by atoms with van der Waals surface area (Å²) in [4.78, 5) is 27.2. The Morgan fingerprint density at radius 2 is 2.00 bits per heavy atom. The fourth-order valence-electron chi connectivity index (χ4n) is 2.32. The van der Waals surface area contributed by atoms with Crippen molar-refractivity contribution in [3.8, 4) is 0 Å². The van der Waals surface area contributed by atoms with Crippen LogP contribution in [0.5, 0.6) is 0 Å². The normalized spacial score (nSPS) is 17.9. The highest BCUT2D eigenvalue weighted by Gasteiger charge is 2.35. The Labute approximate surface area is 119 Å². The van der Waals surface area contributed by atoms with Crippen molar-refractivity contribution in [1.82, 2.24) is 9.80 Å². The van der Waals surface area contributed by atoms with Gasteiger partial charge in [-0.1, -0.05) is 30.3 Å². The fourth-order valence-corrected chi connectivity index (χ4v) is 2.32. The van der Waals surface area contributed by atoms with Gasteiger partial charge in [0.25, 0.3) is 0 Å². The minimum Gasteiger partial charge on any atom is -0.459 e. The second-order valence-corrected chi connectivity index (χ2v) is 5.12. The first-order valence-corrected chi connectivity index (χ1v) is 6.78. The van der Waals surface area contributed by atoms with Crippen LogP contribution < -0.4 is 0 Å². The van der Waals surface area contributed by atoms with Gasteiger partial charge in [0.15, 0.2) is 0 Å². The number of ether oxygens (including phenoxy) is 1. The number of likely N-dealkylation sites (tertiary alicyclic amines) is 1. The first-order chi connectivity index (χ1) is 9.59. The average Bonchev–Trinajstić information content (AvgIpc) is 2.94. The third-order valence-electron chi connectivity index (χ3n) is 3.38. The number of hydrogen-bond acceptors (Lipinski definition) is 3. The number of urea groups is 1. The van der Waals surface area contributed by atoms with Crippen molar-refractivity contribution in [3.63, 3.8) is 0 Å². The maximum Gasteiger partial charge on any atom is 0.329 e. The van der Waals surface area contributed by atoms with Gasteiger partial charge in [-0.2, -0.15) is 0 Å². The molecule has 0 N–H and O–H groups in total. The lowest BCUT2D eigenvalue weighted by Crippen LogP contribution is -2.46. The summed E-state index contributed by atoms with van der Waals surface area (Å²) >= 11 is 0. The van der Waals surface area contributed by atoms with Crippen LogP contribution in [0.4, 0.5) is 4.79 Å². The lowest BCUT2D eigenvalue weighted by molar-refractivity contribution is -0.149. The van der Waals surface area contributed by atoms with Crippen molar-refractivity contribution in [2.24, 2.45) is 0 Å². The minimum atomic E-state index is -0.450. The third kappa shape index (κ3) is 3.29. The highest BCUT2D eigenvalue weighted by atomic mass is 16.5. The molecule has 5 nitrogen and oxygen atoms in total. The summed E-state index contributed by atoms with van der Waals surface area (Å²) in [5, 5.41) is 0. The Morgan fingerprint density at radius 3 is 2.65 bits per heavy atom. The molecule has 1 aliphatic rings. The molecule has 1 aromatic carbocycles. The number of esters is 1. The fraction of sp³-hybridized carbons (Fsp3) is 0.467. The number of benzene rings is 1. The van der Waals surface area contributed by atoms with E-state index >= 15 is 0 Å². The summed E-state index contributed by atoms with van der Waals surface area (Å²) in [5.41, 5.74) is 0.948. The lowest BCUT2D eigenvalue weighted by Gasteiger charge is -2.26. The molecule has 1 fully saturated rings. The van der Waals surface area contributed by atoms with Crippen LogP contribution in [-0.2, 0) is 16.1 Å². The Kier molecular flexibility index (Phi) is 4.61. The van der Waals surface area contributed by atoms with Gasteiger partial charge in [0.2, 0.25) is 0 Å². The standard InChI is InChI=1S/C15H20N2O3/c1-16(2)15(19)17-10-6-9-13(17)14(18)20-11-12-7-4-3-5-8-12/h3-5,7-8,13H,6,9-11H2,1-2H3/t13-/m0/s1. The van der Waals surface area contributed by atoms with Gasteiger partial charge in [-0.25, -0.2) is 9.59 Å². The maximum atomic E-state index is 12.1. The van der Waals surface area contributed by atoms with Crippen LogP contribution in [0.25, 0.3) is 0 Å². The molecule has 0 saturated carbocycles. The summed E-state index contributed by atoms with van der Waals surface area (Å²) in [6.45, 7) is 0.863. The largest absolute Gasteiger partial charge is 0.459 e. The van der Waals surface area contributed by atoms with E-state index in [9.17, 15) is 9.59 Å². The van der Waals surface area contributed by atoms with E-state index in [-0.39, 0.29) is 18.6 Å². The molecular weight excluding hydrogens is 256 g/mol. The molecule has 20 heavy (non-hydrogen) atoms. The van der Waals surface area contributed by atoms with E-state index in [0.717, 1.165) is 12.0 Å². The molecule has 1 saturated heterocycles. The molecule has 0 aliphatic carbocycles. The number of rotatable bonds is 3. The van der Waals surface area contributed by atoms with Gasteiger partial charge in [-0.15, -0.1) is 0 Å². The second kappa shape index (κ2) is 6.41. The van der Waals surface area contributed by atoms with Crippen molar-refractivity contribution < 1.29 is 14.3 Å². The number of nitrogens with zero attached hydrogens (tertiary/aromatic N) is 2.